The van der Waals surface area contributed by atoms with Gasteiger partial charge in [0.1, 0.15) is 11.0 Å². The molecule has 2 aromatic heterocycles. The van der Waals surface area contributed by atoms with Gasteiger partial charge in [0, 0.05) is 6.54 Å². The number of thioether (sulfide) groups is 1. The Kier molecular flexibility index (Phi) is 3.50. The maximum absolute atomic E-state index is 4.58. The van der Waals surface area contributed by atoms with Crippen LogP contribution in [0.15, 0.2) is 34.9 Å². The van der Waals surface area contributed by atoms with Crippen molar-refractivity contribution in [3.8, 4) is 0 Å². The SMILES string of the molecule is CSc1nc2ncnc(N3CCc4ccccc4C3C)c2s1. The Morgan fingerprint density at radius 2 is 2.14 bits per heavy atom. The molecule has 0 bridgehead atoms. The molecule has 3 heterocycles. The molecule has 0 radical (unpaired) electrons. The van der Waals surface area contributed by atoms with Gasteiger partial charge in [-0.1, -0.05) is 36.0 Å². The minimum Gasteiger partial charge on any atom is -0.348 e. The minimum atomic E-state index is 0.322. The van der Waals surface area contributed by atoms with Crippen molar-refractivity contribution in [1.82, 2.24) is 15.0 Å². The molecule has 1 aliphatic rings. The molecule has 0 saturated carbocycles. The van der Waals surface area contributed by atoms with E-state index in [0.717, 1.165) is 33.5 Å². The lowest BCUT2D eigenvalue weighted by Gasteiger charge is -2.36. The van der Waals surface area contributed by atoms with Crippen LogP contribution in [0.25, 0.3) is 10.3 Å². The zero-order valence-electron chi connectivity index (χ0n) is 12.5. The lowest BCUT2D eigenvalue weighted by molar-refractivity contribution is 0.619. The van der Waals surface area contributed by atoms with E-state index in [1.165, 1.54) is 11.1 Å². The maximum Gasteiger partial charge on any atom is 0.176 e. The molecule has 3 aromatic rings. The molecule has 0 fully saturated rings. The van der Waals surface area contributed by atoms with Gasteiger partial charge in [0.15, 0.2) is 15.8 Å². The van der Waals surface area contributed by atoms with Gasteiger partial charge in [-0.05, 0) is 30.7 Å². The fourth-order valence-corrected chi connectivity index (χ4v) is 4.59. The Morgan fingerprint density at radius 3 is 3.00 bits per heavy atom. The number of hydrogen-bond donors (Lipinski definition) is 0. The number of anilines is 1. The Bertz CT molecular complexity index is 830. The van der Waals surface area contributed by atoms with Crippen LogP contribution in [0.4, 0.5) is 5.82 Å². The molecule has 6 heteroatoms. The molecule has 1 aliphatic heterocycles. The molecule has 0 aliphatic carbocycles. The lowest BCUT2D eigenvalue weighted by Crippen LogP contribution is -2.34. The van der Waals surface area contributed by atoms with E-state index in [0.29, 0.717) is 6.04 Å². The predicted octanol–water partition coefficient (Wildman–Crippen LogP) is 3.93. The predicted molar refractivity (Wildman–Crippen MR) is 92.9 cm³/mol. The fraction of sp³-hybridized carbons (Fsp3) is 0.312. The van der Waals surface area contributed by atoms with Gasteiger partial charge in [-0.2, -0.15) is 0 Å². The molecule has 1 aromatic carbocycles. The summed E-state index contributed by atoms with van der Waals surface area (Å²) in [5.74, 6) is 1.02. The average molecular weight is 328 g/mol. The third kappa shape index (κ3) is 2.18. The largest absolute Gasteiger partial charge is 0.348 e. The van der Waals surface area contributed by atoms with Gasteiger partial charge in [0.2, 0.25) is 0 Å². The van der Waals surface area contributed by atoms with E-state index < -0.39 is 0 Å². The average Bonchev–Trinajstić information content (AvgIpc) is 2.99. The van der Waals surface area contributed by atoms with E-state index in [4.69, 9.17) is 0 Å². The molecule has 112 valence electrons. The van der Waals surface area contributed by atoms with Gasteiger partial charge in [0.05, 0.1) is 6.04 Å². The number of thiazole rings is 1. The Labute approximate surface area is 137 Å². The van der Waals surface area contributed by atoms with Gasteiger partial charge in [-0.15, -0.1) is 11.3 Å². The summed E-state index contributed by atoms with van der Waals surface area (Å²) in [5, 5.41) is 0. The van der Waals surface area contributed by atoms with Crippen molar-refractivity contribution in [2.24, 2.45) is 0 Å². The fourth-order valence-electron chi connectivity index (χ4n) is 3.08. The monoisotopic (exact) mass is 328 g/mol. The highest BCUT2D eigenvalue weighted by Gasteiger charge is 2.26. The first-order valence-electron chi connectivity index (χ1n) is 7.28. The summed E-state index contributed by atoms with van der Waals surface area (Å²) in [6.45, 7) is 3.24. The van der Waals surface area contributed by atoms with Gasteiger partial charge in [-0.3, -0.25) is 0 Å². The van der Waals surface area contributed by atoms with Gasteiger partial charge in [-0.25, -0.2) is 15.0 Å². The van der Waals surface area contributed by atoms with Crippen LogP contribution in [-0.2, 0) is 6.42 Å². The normalized spacial score (nSPS) is 17.7. The third-order valence-corrected chi connectivity index (χ3v) is 6.22. The second-order valence-corrected chi connectivity index (χ2v) is 7.40. The molecule has 0 N–H and O–H groups in total. The smallest absolute Gasteiger partial charge is 0.176 e. The Morgan fingerprint density at radius 1 is 1.27 bits per heavy atom. The number of benzene rings is 1. The Hall–Kier alpha value is -1.66. The van der Waals surface area contributed by atoms with Crippen LogP contribution in [0, 0.1) is 0 Å². The molecule has 1 atom stereocenters. The molecule has 22 heavy (non-hydrogen) atoms. The summed E-state index contributed by atoms with van der Waals surface area (Å²) < 4.78 is 2.14. The van der Waals surface area contributed by atoms with E-state index in [2.05, 4.69) is 51.0 Å². The van der Waals surface area contributed by atoms with Crippen LogP contribution in [0.1, 0.15) is 24.1 Å². The molecular formula is C16H16N4S2. The van der Waals surface area contributed by atoms with Crippen LogP contribution in [0.3, 0.4) is 0 Å². The van der Waals surface area contributed by atoms with Gasteiger partial charge in [0.25, 0.3) is 0 Å². The third-order valence-electron chi connectivity index (χ3n) is 4.19. The summed E-state index contributed by atoms with van der Waals surface area (Å²) in [6.07, 6.45) is 4.74. The van der Waals surface area contributed by atoms with Crippen LogP contribution >= 0.6 is 23.1 Å². The first kappa shape index (κ1) is 14.0. The Balaban J connectivity index is 1.81. The van der Waals surface area contributed by atoms with Gasteiger partial charge >= 0.3 is 0 Å². The number of rotatable bonds is 2. The topological polar surface area (TPSA) is 41.9 Å². The second kappa shape index (κ2) is 5.52. The van der Waals surface area contributed by atoms with Crippen molar-refractivity contribution in [1.29, 1.82) is 0 Å². The number of hydrogen-bond acceptors (Lipinski definition) is 6. The summed E-state index contributed by atoms with van der Waals surface area (Å²) >= 11 is 3.35. The van der Waals surface area contributed by atoms with E-state index >= 15 is 0 Å². The number of nitrogens with zero attached hydrogens (tertiary/aromatic N) is 4. The van der Waals surface area contributed by atoms with Crippen molar-refractivity contribution in [3.05, 3.63) is 41.7 Å². The standard InChI is InChI=1S/C16H16N4S2/c1-10-12-6-4-3-5-11(12)7-8-20(10)15-13-14(17-9-18-15)19-16(21-2)22-13/h3-6,9-10H,7-8H2,1-2H3. The quantitative estimate of drug-likeness (QED) is 0.667. The number of fused-ring (bicyclic) bond motifs is 2. The van der Waals surface area contributed by atoms with Crippen LogP contribution in [0.2, 0.25) is 0 Å². The molecule has 4 rings (SSSR count). The second-order valence-electron chi connectivity index (χ2n) is 5.35. The summed E-state index contributed by atoms with van der Waals surface area (Å²) in [7, 11) is 0. The molecule has 0 spiro atoms. The maximum atomic E-state index is 4.58. The summed E-state index contributed by atoms with van der Waals surface area (Å²) in [5.41, 5.74) is 3.66. The van der Waals surface area contributed by atoms with E-state index in [1.807, 2.05) is 6.26 Å². The van der Waals surface area contributed by atoms with Gasteiger partial charge < -0.3 is 4.90 Å². The van der Waals surface area contributed by atoms with Crippen LogP contribution < -0.4 is 4.90 Å². The molecular weight excluding hydrogens is 312 g/mol. The van der Waals surface area contributed by atoms with Crippen LogP contribution in [-0.4, -0.2) is 27.8 Å². The zero-order valence-corrected chi connectivity index (χ0v) is 14.1. The lowest BCUT2D eigenvalue weighted by atomic mass is 9.94. The molecule has 4 nitrogen and oxygen atoms in total. The highest BCUT2D eigenvalue weighted by molar-refractivity contribution is 8.00. The highest BCUT2D eigenvalue weighted by atomic mass is 32.2. The first-order valence-corrected chi connectivity index (χ1v) is 9.32. The van der Waals surface area contributed by atoms with Crippen LogP contribution in [0.5, 0.6) is 0 Å². The molecule has 0 amide bonds. The summed E-state index contributed by atoms with van der Waals surface area (Å²) in [6, 6.07) is 9.02. The first-order chi connectivity index (χ1) is 10.8. The van der Waals surface area contributed by atoms with E-state index in [-0.39, 0.29) is 0 Å². The van der Waals surface area contributed by atoms with Crippen molar-refractivity contribution in [2.45, 2.75) is 23.7 Å². The van der Waals surface area contributed by atoms with Crippen molar-refractivity contribution >= 4 is 39.3 Å². The van der Waals surface area contributed by atoms with Crippen molar-refractivity contribution in [3.63, 3.8) is 0 Å². The summed E-state index contributed by atoms with van der Waals surface area (Å²) in [4.78, 5) is 15.8. The van der Waals surface area contributed by atoms with E-state index in [1.54, 1.807) is 29.4 Å². The number of aromatic nitrogens is 3. The molecule has 0 saturated heterocycles. The van der Waals surface area contributed by atoms with E-state index in [9.17, 15) is 0 Å². The van der Waals surface area contributed by atoms with Crippen molar-refractivity contribution < 1.29 is 0 Å². The zero-order chi connectivity index (χ0) is 15.1. The minimum absolute atomic E-state index is 0.322. The van der Waals surface area contributed by atoms with Crippen molar-refractivity contribution in [2.75, 3.05) is 17.7 Å². The highest BCUT2D eigenvalue weighted by Crippen LogP contribution is 2.38. The molecule has 1 unspecified atom stereocenters.